The normalized spacial score (nSPS) is 12.3. The largest absolute Gasteiger partial charge is 0.484 e. The quantitative estimate of drug-likeness (QED) is 0.547. The highest BCUT2D eigenvalue weighted by molar-refractivity contribution is 7.91. The minimum absolute atomic E-state index is 0.0181. The minimum Gasteiger partial charge on any atom is -0.484 e. The zero-order valence-electron chi connectivity index (χ0n) is 15.7. The molecule has 1 atom stereocenters. The number of benzene rings is 2. The van der Waals surface area contributed by atoms with E-state index in [1.165, 1.54) is 30.4 Å². The van der Waals surface area contributed by atoms with E-state index in [9.17, 15) is 17.6 Å². The molecule has 1 aromatic heterocycles. The van der Waals surface area contributed by atoms with E-state index in [1.54, 1.807) is 41.8 Å². The fraction of sp³-hybridized carbons (Fsp3) is 0.190. The van der Waals surface area contributed by atoms with Gasteiger partial charge in [-0.1, -0.05) is 24.3 Å². The van der Waals surface area contributed by atoms with Crippen LogP contribution in [-0.4, -0.2) is 27.5 Å². The number of rotatable bonds is 8. The number of carbonyl (C=O) groups is 1. The monoisotopic (exact) mass is 433 g/mol. The van der Waals surface area contributed by atoms with Crippen LogP contribution >= 0.6 is 11.3 Å². The Kier molecular flexibility index (Phi) is 6.66. The number of halogens is 1. The molecular formula is C21H20FNO4S2. The van der Waals surface area contributed by atoms with Crippen molar-refractivity contribution in [3.8, 4) is 5.75 Å². The summed E-state index contributed by atoms with van der Waals surface area (Å²) in [7, 11) is -3.84. The summed E-state index contributed by atoms with van der Waals surface area (Å²) in [6.45, 7) is 1.17. The Labute approximate surface area is 173 Å². The molecule has 0 aliphatic carbocycles. The molecule has 1 N–H and O–H groups in total. The second kappa shape index (κ2) is 9.19. The molecule has 0 saturated carbocycles. The molecule has 3 rings (SSSR count). The lowest BCUT2D eigenvalue weighted by Crippen LogP contribution is -2.34. The Bertz CT molecular complexity index is 1070. The van der Waals surface area contributed by atoms with E-state index < -0.39 is 26.8 Å². The van der Waals surface area contributed by atoms with Gasteiger partial charge >= 0.3 is 0 Å². The van der Waals surface area contributed by atoms with Crippen molar-refractivity contribution < 1.29 is 22.3 Å². The van der Waals surface area contributed by atoms with Crippen LogP contribution in [0.15, 0.2) is 70.9 Å². The van der Waals surface area contributed by atoms with Gasteiger partial charge in [-0.2, -0.15) is 0 Å². The predicted molar refractivity (Wildman–Crippen MR) is 110 cm³/mol. The summed E-state index contributed by atoms with van der Waals surface area (Å²) in [6.07, 6.45) is 0. The van der Waals surface area contributed by atoms with Gasteiger partial charge in [0.25, 0.3) is 5.91 Å². The Morgan fingerprint density at radius 2 is 1.90 bits per heavy atom. The number of para-hydroxylation sites is 1. The van der Waals surface area contributed by atoms with Crippen molar-refractivity contribution in [2.75, 3.05) is 13.2 Å². The molecule has 0 spiro atoms. The molecule has 0 saturated heterocycles. The average Bonchev–Trinajstić information content (AvgIpc) is 3.23. The Hall–Kier alpha value is -2.71. The number of thiophene rings is 1. The number of sulfone groups is 1. The average molecular weight is 434 g/mol. The van der Waals surface area contributed by atoms with Gasteiger partial charge in [0.05, 0.1) is 4.90 Å². The van der Waals surface area contributed by atoms with E-state index in [-0.39, 0.29) is 23.6 Å². The van der Waals surface area contributed by atoms with Crippen molar-refractivity contribution in [1.82, 2.24) is 5.32 Å². The van der Waals surface area contributed by atoms with Crippen molar-refractivity contribution in [3.05, 3.63) is 82.3 Å². The Balaban J connectivity index is 1.74. The molecule has 29 heavy (non-hydrogen) atoms. The number of hydrogen-bond acceptors (Lipinski definition) is 5. The van der Waals surface area contributed by atoms with Crippen LogP contribution in [-0.2, 0) is 14.6 Å². The summed E-state index contributed by atoms with van der Waals surface area (Å²) in [5, 5.41) is 3.43. The first-order valence-corrected chi connectivity index (χ1v) is 11.3. The molecule has 152 valence electrons. The first-order valence-electron chi connectivity index (χ1n) is 8.86. The van der Waals surface area contributed by atoms with E-state index in [1.807, 2.05) is 6.07 Å². The molecule has 3 aromatic rings. The summed E-state index contributed by atoms with van der Waals surface area (Å²) in [6, 6.07) is 16.0. The first kappa shape index (κ1) is 21.0. The van der Waals surface area contributed by atoms with Crippen LogP contribution in [0.25, 0.3) is 0 Å². The van der Waals surface area contributed by atoms with Crippen molar-refractivity contribution in [1.29, 1.82) is 0 Å². The third-order valence-electron chi connectivity index (χ3n) is 4.29. The second-order valence-corrected chi connectivity index (χ2v) is 9.48. The lowest BCUT2D eigenvalue weighted by molar-refractivity contribution is -0.123. The van der Waals surface area contributed by atoms with E-state index >= 15 is 0 Å². The molecule has 0 aliphatic heterocycles. The van der Waals surface area contributed by atoms with Crippen molar-refractivity contribution in [3.63, 3.8) is 0 Å². The van der Waals surface area contributed by atoms with E-state index in [0.29, 0.717) is 10.6 Å². The van der Waals surface area contributed by atoms with E-state index in [4.69, 9.17) is 4.74 Å². The summed E-state index contributed by atoms with van der Waals surface area (Å²) < 4.78 is 45.3. The predicted octanol–water partition coefficient (Wildman–Crippen LogP) is 3.91. The number of amides is 1. The van der Waals surface area contributed by atoms with Crippen molar-refractivity contribution >= 4 is 27.1 Å². The van der Waals surface area contributed by atoms with Crippen LogP contribution in [0.4, 0.5) is 4.39 Å². The topological polar surface area (TPSA) is 72.5 Å². The summed E-state index contributed by atoms with van der Waals surface area (Å²) in [5.74, 6) is -0.351. The Morgan fingerprint density at radius 1 is 1.14 bits per heavy atom. The zero-order chi connectivity index (χ0) is 20.9. The number of aryl methyl sites for hydroxylation is 1. The highest BCUT2D eigenvalue weighted by atomic mass is 32.2. The van der Waals surface area contributed by atoms with Crippen LogP contribution in [0.2, 0.25) is 0 Å². The Morgan fingerprint density at radius 3 is 2.55 bits per heavy atom. The maximum absolute atomic E-state index is 13.6. The molecule has 0 radical (unpaired) electrons. The number of carbonyl (C=O) groups excluding carboxylic acids is 1. The van der Waals surface area contributed by atoms with Crippen LogP contribution < -0.4 is 10.1 Å². The van der Waals surface area contributed by atoms with Gasteiger partial charge in [-0.25, -0.2) is 12.8 Å². The number of ether oxygens (including phenoxy) is 1. The summed E-state index contributed by atoms with van der Waals surface area (Å²) >= 11 is 1.29. The van der Waals surface area contributed by atoms with Gasteiger partial charge in [0.2, 0.25) is 0 Å². The molecule has 8 heteroatoms. The van der Waals surface area contributed by atoms with Crippen LogP contribution in [0.5, 0.6) is 5.75 Å². The summed E-state index contributed by atoms with van der Waals surface area (Å²) in [5.41, 5.74) is 0.247. The molecule has 0 aliphatic rings. The van der Waals surface area contributed by atoms with Gasteiger partial charge in [-0.15, -0.1) is 11.3 Å². The summed E-state index contributed by atoms with van der Waals surface area (Å²) in [4.78, 5) is 12.8. The zero-order valence-corrected chi connectivity index (χ0v) is 17.3. The molecule has 0 bridgehead atoms. The molecule has 5 nitrogen and oxygen atoms in total. The van der Waals surface area contributed by atoms with E-state index in [2.05, 4.69) is 5.32 Å². The fourth-order valence-electron chi connectivity index (χ4n) is 2.72. The molecule has 1 heterocycles. The van der Waals surface area contributed by atoms with Gasteiger partial charge in [0, 0.05) is 11.4 Å². The van der Waals surface area contributed by atoms with Gasteiger partial charge < -0.3 is 10.1 Å². The third-order valence-corrected chi connectivity index (χ3v) is 7.51. The molecule has 2 aromatic carbocycles. The fourth-order valence-corrected chi connectivity index (χ4v) is 5.59. The highest BCUT2D eigenvalue weighted by Gasteiger charge is 2.31. The maximum atomic E-state index is 13.6. The third kappa shape index (κ3) is 5.21. The van der Waals surface area contributed by atoms with Gasteiger partial charge in [0.15, 0.2) is 16.4 Å². The van der Waals surface area contributed by atoms with Gasteiger partial charge in [-0.3, -0.25) is 4.79 Å². The SMILES string of the molecule is Cc1cc(S(=O)(=O)[C@@H](CNC(=O)COc2ccccc2)c2cccs2)ccc1F. The van der Waals surface area contributed by atoms with Crippen molar-refractivity contribution in [2.45, 2.75) is 17.1 Å². The van der Waals surface area contributed by atoms with Crippen LogP contribution in [0.1, 0.15) is 15.7 Å². The van der Waals surface area contributed by atoms with Crippen molar-refractivity contribution in [2.24, 2.45) is 0 Å². The number of nitrogens with one attached hydrogen (secondary N) is 1. The second-order valence-electron chi connectivity index (χ2n) is 6.37. The number of hydrogen-bond donors (Lipinski definition) is 1. The maximum Gasteiger partial charge on any atom is 0.257 e. The first-order chi connectivity index (χ1) is 13.9. The van der Waals surface area contributed by atoms with Gasteiger partial charge in [-0.05, 0) is 54.3 Å². The van der Waals surface area contributed by atoms with E-state index in [0.717, 1.165) is 6.07 Å². The standard InChI is InChI=1S/C21H20FNO4S2/c1-15-12-17(9-10-18(15)22)29(25,26)20(19-8-5-11-28-19)13-23-21(24)14-27-16-6-3-2-4-7-16/h2-12,20H,13-14H2,1H3,(H,23,24)/t20-/m0/s1. The van der Waals surface area contributed by atoms with Crippen LogP contribution in [0, 0.1) is 12.7 Å². The lowest BCUT2D eigenvalue weighted by atomic mass is 10.2. The smallest absolute Gasteiger partial charge is 0.257 e. The molecule has 0 fully saturated rings. The van der Waals surface area contributed by atoms with Crippen LogP contribution in [0.3, 0.4) is 0 Å². The molecule has 1 amide bonds. The lowest BCUT2D eigenvalue weighted by Gasteiger charge is -2.18. The van der Waals surface area contributed by atoms with Gasteiger partial charge in [0.1, 0.15) is 16.8 Å². The molecular weight excluding hydrogens is 413 g/mol. The minimum atomic E-state index is -3.84. The molecule has 0 unspecified atom stereocenters. The highest BCUT2D eigenvalue weighted by Crippen LogP contribution is 2.32.